The van der Waals surface area contributed by atoms with Gasteiger partial charge in [-0.15, -0.1) is 0 Å². The van der Waals surface area contributed by atoms with E-state index in [9.17, 15) is 4.79 Å². The number of carbonyl (C=O) groups excluding carboxylic acids is 1. The summed E-state index contributed by atoms with van der Waals surface area (Å²) in [6.45, 7) is 9.61. The summed E-state index contributed by atoms with van der Waals surface area (Å²) in [5.74, 6) is 1.02. The lowest BCUT2D eigenvalue weighted by atomic mass is 9.73. The van der Waals surface area contributed by atoms with Crippen molar-refractivity contribution in [2.75, 3.05) is 35.6 Å². The second kappa shape index (κ2) is 14.7. The number of allylic oxidation sites excluding steroid dienone is 2. The Morgan fingerprint density at radius 1 is 1.14 bits per heavy atom. The van der Waals surface area contributed by atoms with Crippen molar-refractivity contribution in [1.29, 1.82) is 5.41 Å². The molecule has 0 radical (unpaired) electrons. The molecule has 0 bridgehead atoms. The van der Waals surface area contributed by atoms with Gasteiger partial charge < -0.3 is 32.7 Å². The summed E-state index contributed by atoms with van der Waals surface area (Å²) < 4.78 is 0. The van der Waals surface area contributed by atoms with E-state index in [1.807, 2.05) is 31.2 Å². The zero-order valence-electron chi connectivity index (χ0n) is 25.9. The number of nitrogen functional groups attached to an aromatic ring is 1. The van der Waals surface area contributed by atoms with Crippen LogP contribution in [-0.4, -0.2) is 36.4 Å². The molecule has 1 saturated heterocycles. The van der Waals surface area contributed by atoms with E-state index in [4.69, 9.17) is 27.6 Å². The number of carbonyl (C=O) groups is 1. The highest BCUT2D eigenvalue weighted by Gasteiger charge is 2.34. The molecule has 2 heterocycles. The molecule has 2 aliphatic rings. The fourth-order valence-electron chi connectivity index (χ4n) is 5.45. The largest absolute Gasteiger partial charge is 0.396 e. The minimum Gasteiger partial charge on any atom is -0.396 e. The summed E-state index contributed by atoms with van der Waals surface area (Å²) in [5.41, 5.74) is 24.1. The fraction of sp³-hybridized carbons (Fsp3) is 0.343. The van der Waals surface area contributed by atoms with Gasteiger partial charge in [0.05, 0.1) is 11.4 Å². The maximum absolute atomic E-state index is 12.2. The standard InChI is InChI=1S/C29H36N6O.C6H10N2/c1-2-32-28(36)20-13-17-35(18-14-20)24-6-3-5-21(19-24)26-12-11-25(30)27(34-26)33-23-9-7-22(8-10-23)29(31)15-4-16-29;1-3-4-5(2)6(7)8/h3,5-12,19-20H,2,4,13-18,30-31H2,1H3,(H,32,36)(H,33,34);3-4H,1H2,2H3,(H3,7,8)/b;5-4-. The van der Waals surface area contributed by atoms with Gasteiger partial charge in [-0.25, -0.2) is 4.98 Å². The van der Waals surface area contributed by atoms with Gasteiger partial charge in [0.15, 0.2) is 5.82 Å². The lowest BCUT2D eigenvalue weighted by molar-refractivity contribution is -0.125. The van der Waals surface area contributed by atoms with Gasteiger partial charge in [-0.2, -0.15) is 0 Å². The molecule has 1 aliphatic heterocycles. The van der Waals surface area contributed by atoms with Crippen LogP contribution in [0.15, 0.2) is 85.0 Å². The van der Waals surface area contributed by atoms with E-state index in [0.29, 0.717) is 18.1 Å². The smallest absolute Gasteiger partial charge is 0.223 e. The highest BCUT2D eigenvalue weighted by molar-refractivity contribution is 5.93. The van der Waals surface area contributed by atoms with Crippen LogP contribution in [-0.2, 0) is 10.3 Å². The molecule has 5 rings (SSSR count). The molecule has 1 aromatic heterocycles. The summed E-state index contributed by atoms with van der Waals surface area (Å²) in [7, 11) is 0. The second-order valence-corrected chi connectivity index (χ2v) is 11.6. The van der Waals surface area contributed by atoms with Crippen LogP contribution in [0.3, 0.4) is 0 Å². The Kier molecular flexibility index (Phi) is 10.8. The van der Waals surface area contributed by atoms with E-state index < -0.39 is 0 Å². The lowest BCUT2D eigenvalue weighted by Crippen LogP contribution is -2.43. The predicted octanol–water partition coefficient (Wildman–Crippen LogP) is 5.82. The van der Waals surface area contributed by atoms with Crippen LogP contribution in [0, 0.1) is 11.3 Å². The van der Waals surface area contributed by atoms with Gasteiger partial charge in [0, 0.05) is 48.0 Å². The number of nitrogens with two attached hydrogens (primary N) is 3. The summed E-state index contributed by atoms with van der Waals surface area (Å²) in [4.78, 5) is 19.4. The average molecular weight is 595 g/mol. The highest BCUT2D eigenvalue weighted by Crippen LogP contribution is 2.39. The second-order valence-electron chi connectivity index (χ2n) is 11.6. The van der Waals surface area contributed by atoms with Crippen molar-refractivity contribution in [3.63, 3.8) is 0 Å². The molecule has 0 spiro atoms. The first-order chi connectivity index (χ1) is 21.1. The molecule has 1 amide bonds. The van der Waals surface area contributed by atoms with Gasteiger partial charge >= 0.3 is 0 Å². The maximum atomic E-state index is 12.2. The third kappa shape index (κ3) is 8.05. The number of amidine groups is 1. The molecule has 3 aromatic rings. The minimum atomic E-state index is -0.169. The van der Waals surface area contributed by atoms with Gasteiger partial charge in [-0.05, 0) is 93.5 Å². The van der Waals surface area contributed by atoms with E-state index >= 15 is 0 Å². The molecule has 232 valence electrons. The van der Waals surface area contributed by atoms with E-state index in [0.717, 1.165) is 67.0 Å². The summed E-state index contributed by atoms with van der Waals surface area (Å²) in [6, 6.07) is 20.6. The van der Waals surface area contributed by atoms with Crippen molar-refractivity contribution in [1.82, 2.24) is 10.3 Å². The Morgan fingerprint density at radius 2 is 1.84 bits per heavy atom. The number of pyridine rings is 1. The summed E-state index contributed by atoms with van der Waals surface area (Å²) in [6.07, 6.45) is 8.32. The molecule has 1 saturated carbocycles. The van der Waals surface area contributed by atoms with Crippen LogP contribution < -0.4 is 32.7 Å². The number of hydrogen-bond acceptors (Lipinski definition) is 7. The molecule has 2 fully saturated rings. The molecule has 9 nitrogen and oxygen atoms in total. The first kappa shape index (κ1) is 32.3. The normalized spacial score (nSPS) is 16.2. The number of benzene rings is 2. The van der Waals surface area contributed by atoms with Crippen LogP contribution in [0.25, 0.3) is 11.3 Å². The van der Waals surface area contributed by atoms with Crippen molar-refractivity contribution in [2.24, 2.45) is 17.4 Å². The van der Waals surface area contributed by atoms with Crippen molar-refractivity contribution in [2.45, 2.75) is 51.5 Å². The van der Waals surface area contributed by atoms with Gasteiger partial charge in [-0.1, -0.05) is 43.0 Å². The van der Waals surface area contributed by atoms with Gasteiger partial charge in [0.1, 0.15) is 5.84 Å². The monoisotopic (exact) mass is 594 g/mol. The van der Waals surface area contributed by atoms with Gasteiger partial charge in [-0.3, -0.25) is 10.2 Å². The van der Waals surface area contributed by atoms with E-state index in [2.05, 4.69) is 58.5 Å². The average Bonchev–Trinajstić information content (AvgIpc) is 3.02. The number of nitrogens with zero attached hydrogens (tertiary/aromatic N) is 2. The van der Waals surface area contributed by atoms with Crippen molar-refractivity contribution < 1.29 is 4.79 Å². The molecule has 0 unspecified atom stereocenters. The third-order valence-corrected chi connectivity index (χ3v) is 8.41. The molecule has 44 heavy (non-hydrogen) atoms. The number of anilines is 4. The number of rotatable bonds is 9. The summed E-state index contributed by atoms with van der Waals surface area (Å²) in [5, 5.41) is 13.2. The zero-order chi connectivity index (χ0) is 31.7. The zero-order valence-corrected chi connectivity index (χ0v) is 25.9. The highest BCUT2D eigenvalue weighted by atomic mass is 16.1. The fourth-order valence-corrected chi connectivity index (χ4v) is 5.45. The molecule has 1 aliphatic carbocycles. The molecule has 9 heteroatoms. The van der Waals surface area contributed by atoms with Crippen LogP contribution >= 0.6 is 0 Å². The molecule has 9 N–H and O–H groups in total. The van der Waals surface area contributed by atoms with Gasteiger partial charge in [0.2, 0.25) is 5.91 Å². The number of hydrogen-bond donors (Lipinski definition) is 6. The maximum Gasteiger partial charge on any atom is 0.223 e. The van der Waals surface area contributed by atoms with Crippen LogP contribution in [0.2, 0.25) is 0 Å². The van der Waals surface area contributed by atoms with Crippen LogP contribution in [0.4, 0.5) is 22.9 Å². The predicted molar refractivity (Wildman–Crippen MR) is 183 cm³/mol. The quantitative estimate of drug-likeness (QED) is 0.103. The van der Waals surface area contributed by atoms with Crippen LogP contribution in [0.5, 0.6) is 0 Å². The summed E-state index contributed by atoms with van der Waals surface area (Å²) >= 11 is 0. The number of piperidine rings is 1. The Bertz CT molecular complexity index is 1480. The Labute approximate surface area is 261 Å². The Balaban J connectivity index is 0.000000488. The molecular weight excluding hydrogens is 548 g/mol. The van der Waals surface area contributed by atoms with Crippen molar-refractivity contribution >= 4 is 34.6 Å². The van der Waals surface area contributed by atoms with E-state index in [1.54, 1.807) is 19.1 Å². The third-order valence-electron chi connectivity index (χ3n) is 8.41. The van der Waals surface area contributed by atoms with Crippen LogP contribution in [0.1, 0.15) is 51.5 Å². The Morgan fingerprint density at radius 3 is 2.41 bits per heavy atom. The first-order valence-electron chi connectivity index (χ1n) is 15.3. The number of nitrogens with one attached hydrogen (secondary N) is 3. The van der Waals surface area contributed by atoms with E-state index in [1.165, 1.54) is 12.0 Å². The van der Waals surface area contributed by atoms with Crippen molar-refractivity contribution in [3.05, 3.63) is 90.5 Å². The number of aromatic nitrogens is 1. The molecule has 0 atom stereocenters. The van der Waals surface area contributed by atoms with Crippen molar-refractivity contribution in [3.8, 4) is 11.3 Å². The minimum absolute atomic E-state index is 0.102. The topological polar surface area (TPSA) is 159 Å². The molecular formula is C35H46N8O. The Hall–Kier alpha value is -4.63. The van der Waals surface area contributed by atoms with Gasteiger partial charge in [0.25, 0.3) is 0 Å². The molecule has 2 aromatic carbocycles. The number of amides is 1. The van der Waals surface area contributed by atoms with E-state index in [-0.39, 0.29) is 23.2 Å². The SMILES string of the molecule is C=C/C=C(/C)C(=N)N.CCNC(=O)C1CCN(c2cccc(-c3ccc(N)c(Nc4ccc(C5(N)CCC5)cc4)n3)c2)CC1. The first-order valence-corrected chi connectivity index (χ1v) is 15.3. The lowest BCUT2D eigenvalue weighted by Gasteiger charge is -2.38.